The van der Waals surface area contributed by atoms with Crippen LogP contribution in [0.15, 0.2) is 0 Å². The SMILES string of the molecule is O=C(N[C@H]1CO[C@H](CO)[C@H](O)[C@@H]1O)C(F)(F)F. The van der Waals surface area contributed by atoms with Gasteiger partial charge in [0.15, 0.2) is 0 Å². The summed E-state index contributed by atoms with van der Waals surface area (Å²) in [5, 5.41) is 29.0. The van der Waals surface area contributed by atoms with Crippen molar-refractivity contribution in [1.82, 2.24) is 5.32 Å². The molecule has 0 bridgehead atoms. The van der Waals surface area contributed by atoms with Crippen molar-refractivity contribution in [3.63, 3.8) is 0 Å². The molecular formula is C8H12F3NO5. The molecule has 1 amide bonds. The Morgan fingerprint density at radius 1 is 1.35 bits per heavy atom. The highest BCUT2D eigenvalue weighted by molar-refractivity contribution is 5.82. The molecule has 1 saturated heterocycles. The lowest BCUT2D eigenvalue weighted by molar-refractivity contribution is -0.185. The number of hydrogen-bond acceptors (Lipinski definition) is 5. The highest BCUT2D eigenvalue weighted by Gasteiger charge is 2.44. The average molecular weight is 259 g/mol. The van der Waals surface area contributed by atoms with Crippen molar-refractivity contribution < 1.29 is 38.0 Å². The van der Waals surface area contributed by atoms with E-state index in [1.165, 1.54) is 5.32 Å². The summed E-state index contributed by atoms with van der Waals surface area (Å²) in [5.74, 6) is -2.22. The van der Waals surface area contributed by atoms with Crippen LogP contribution in [0.2, 0.25) is 0 Å². The van der Waals surface area contributed by atoms with Crippen molar-refractivity contribution in [3.8, 4) is 0 Å². The third kappa shape index (κ3) is 3.28. The molecular weight excluding hydrogens is 247 g/mol. The first-order chi connectivity index (χ1) is 7.77. The van der Waals surface area contributed by atoms with Gasteiger partial charge in [0.1, 0.15) is 18.3 Å². The van der Waals surface area contributed by atoms with Gasteiger partial charge in [-0.15, -0.1) is 0 Å². The zero-order valence-electron chi connectivity index (χ0n) is 8.52. The minimum Gasteiger partial charge on any atom is -0.394 e. The number of ether oxygens (including phenoxy) is 1. The number of carbonyl (C=O) groups excluding carboxylic acids is 1. The van der Waals surface area contributed by atoms with Crippen LogP contribution < -0.4 is 5.32 Å². The normalized spacial score (nSPS) is 34.5. The summed E-state index contributed by atoms with van der Waals surface area (Å²) in [6.45, 7) is -1.01. The van der Waals surface area contributed by atoms with Gasteiger partial charge >= 0.3 is 12.1 Å². The molecule has 17 heavy (non-hydrogen) atoms. The first kappa shape index (κ1) is 14.2. The Balaban J connectivity index is 2.60. The van der Waals surface area contributed by atoms with Gasteiger partial charge < -0.3 is 25.4 Å². The predicted octanol–water partition coefficient (Wildman–Crippen LogP) is -1.85. The Morgan fingerprint density at radius 2 is 1.94 bits per heavy atom. The maximum atomic E-state index is 11.9. The molecule has 0 saturated carbocycles. The smallest absolute Gasteiger partial charge is 0.394 e. The molecule has 0 aromatic carbocycles. The lowest BCUT2D eigenvalue weighted by Crippen LogP contribution is -2.61. The van der Waals surface area contributed by atoms with E-state index in [9.17, 15) is 28.2 Å². The number of alkyl halides is 3. The quantitative estimate of drug-likeness (QED) is 0.466. The number of amides is 1. The second-order valence-corrected chi connectivity index (χ2v) is 3.61. The number of carbonyl (C=O) groups is 1. The van der Waals surface area contributed by atoms with E-state index in [0.29, 0.717) is 0 Å². The van der Waals surface area contributed by atoms with Crippen LogP contribution in [0, 0.1) is 0 Å². The van der Waals surface area contributed by atoms with Gasteiger partial charge in [-0.1, -0.05) is 0 Å². The fourth-order valence-corrected chi connectivity index (χ4v) is 1.42. The van der Waals surface area contributed by atoms with Crippen molar-refractivity contribution in [1.29, 1.82) is 0 Å². The Bertz CT molecular complexity index is 285. The summed E-state index contributed by atoms with van der Waals surface area (Å²) in [5.41, 5.74) is 0. The van der Waals surface area contributed by atoms with E-state index < -0.39 is 49.7 Å². The van der Waals surface area contributed by atoms with Crippen molar-refractivity contribution >= 4 is 5.91 Å². The maximum Gasteiger partial charge on any atom is 0.471 e. The number of rotatable bonds is 2. The van der Waals surface area contributed by atoms with Crippen LogP contribution >= 0.6 is 0 Å². The molecule has 1 heterocycles. The van der Waals surface area contributed by atoms with Gasteiger partial charge in [0, 0.05) is 0 Å². The predicted molar refractivity (Wildman–Crippen MR) is 46.8 cm³/mol. The topological polar surface area (TPSA) is 99.0 Å². The number of hydrogen-bond donors (Lipinski definition) is 4. The molecule has 0 aromatic rings. The fraction of sp³-hybridized carbons (Fsp3) is 0.875. The van der Waals surface area contributed by atoms with E-state index in [0.717, 1.165) is 0 Å². The summed E-state index contributed by atoms with van der Waals surface area (Å²) in [6.07, 6.45) is -9.35. The third-order valence-corrected chi connectivity index (χ3v) is 2.39. The molecule has 0 spiro atoms. The Labute approximate surface area is 94.0 Å². The van der Waals surface area contributed by atoms with Gasteiger partial charge in [0.2, 0.25) is 0 Å². The molecule has 1 fully saturated rings. The van der Waals surface area contributed by atoms with Crippen molar-refractivity contribution in [2.24, 2.45) is 0 Å². The van der Waals surface area contributed by atoms with Gasteiger partial charge in [-0.3, -0.25) is 4.79 Å². The van der Waals surface area contributed by atoms with Crippen LogP contribution in [-0.2, 0) is 9.53 Å². The molecule has 100 valence electrons. The van der Waals surface area contributed by atoms with Gasteiger partial charge in [-0.2, -0.15) is 13.2 Å². The summed E-state index contributed by atoms with van der Waals surface area (Å²) in [6, 6.07) is -1.37. The minimum atomic E-state index is -5.07. The average Bonchev–Trinajstić information content (AvgIpc) is 2.23. The molecule has 1 aliphatic rings. The lowest BCUT2D eigenvalue weighted by atomic mass is 9.98. The van der Waals surface area contributed by atoms with Crippen molar-refractivity contribution in [2.45, 2.75) is 30.5 Å². The molecule has 0 unspecified atom stereocenters. The van der Waals surface area contributed by atoms with E-state index in [1.807, 2.05) is 0 Å². The molecule has 4 atom stereocenters. The van der Waals surface area contributed by atoms with Crippen LogP contribution in [0.1, 0.15) is 0 Å². The van der Waals surface area contributed by atoms with Crippen molar-refractivity contribution in [3.05, 3.63) is 0 Å². The number of aliphatic hydroxyl groups is 3. The van der Waals surface area contributed by atoms with Gasteiger partial charge in [0.05, 0.1) is 19.3 Å². The van der Waals surface area contributed by atoms with Crippen LogP contribution in [-0.4, -0.2) is 65.0 Å². The highest BCUT2D eigenvalue weighted by atomic mass is 19.4. The molecule has 0 aliphatic carbocycles. The molecule has 0 aromatic heterocycles. The molecule has 1 rings (SSSR count). The Hall–Kier alpha value is -0.900. The number of nitrogens with one attached hydrogen (secondary N) is 1. The fourth-order valence-electron chi connectivity index (χ4n) is 1.42. The van der Waals surface area contributed by atoms with Crippen LogP contribution in [0.3, 0.4) is 0 Å². The Morgan fingerprint density at radius 3 is 2.41 bits per heavy atom. The zero-order chi connectivity index (χ0) is 13.2. The standard InChI is InChI=1S/C8H12F3NO5/c9-8(10,11)7(16)12-3-2-17-4(1-13)6(15)5(3)14/h3-6,13-15H,1-2H2,(H,12,16)/t3-,4+,5+,6-/m0/s1. The molecule has 9 heteroatoms. The van der Waals surface area contributed by atoms with E-state index in [4.69, 9.17) is 9.84 Å². The number of aliphatic hydroxyl groups excluding tert-OH is 3. The second kappa shape index (κ2) is 5.17. The summed E-state index contributed by atoms with van der Waals surface area (Å²) in [7, 11) is 0. The maximum absolute atomic E-state index is 11.9. The van der Waals surface area contributed by atoms with Crippen LogP contribution in [0.25, 0.3) is 0 Å². The molecule has 0 radical (unpaired) electrons. The lowest BCUT2D eigenvalue weighted by Gasteiger charge is -2.37. The van der Waals surface area contributed by atoms with Crippen molar-refractivity contribution in [2.75, 3.05) is 13.2 Å². The van der Waals surface area contributed by atoms with E-state index in [-0.39, 0.29) is 0 Å². The Kier molecular flexibility index (Phi) is 4.31. The zero-order valence-corrected chi connectivity index (χ0v) is 8.52. The summed E-state index contributed by atoms with van der Waals surface area (Å²) >= 11 is 0. The first-order valence-corrected chi connectivity index (χ1v) is 4.73. The van der Waals surface area contributed by atoms with Gasteiger partial charge in [-0.25, -0.2) is 0 Å². The van der Waals surface area contributed by atoms with Gasteiger partial charge in [-0.05, 0) is 0 Å². The number of halogens is 3. The third-order valence-electron chi connectivity index (χ3n) is 2.39. The van der Waals surface area contributed by atoms with E-state index >= 15 is 0 Å². The van der Waals surface area contributed by atoms with E-state index in [2.05, 4.69) is 0 Å². The van der Waals surface area contributed by atoms with Gasteiger partial charge in [0.25, 0.3) is 0 Å². The molecule has 6 nitrogen and oxygen atoms in total. The summed E-state index contributed by atoms with van der Waals surface area (Å²) < 4.78 is 40.6. The van der Waals surface area contributed by atoms with Crippen LogP contribution in [0.5, 0.6) is 0 Å². The first-order valence-electron chi connectivity index (χ1n) is 4.73. The monoisotopic (exact) mass is 259 g/mol. The second-order valence-electron chi connectivity index (χ2n) is 3.61. The highest BCUT2D eigenvalue weighted by Crippen LogP contribution is 2.18. The largest absolute Gasteiger partial charge is 0.471 e. The summed E-state index contributed by atoms with van der Waals surface area (Å²) in [4.78, 5) is 10.6. The minimum absolute atomic E-state index is 0.425. The van der Waals surface area contributed by atoms with E-state index in [1.54, 1.807) is 0 Å². The molecule has 1 aliphatic heterocycles. The van der Waals surface area contributed by atoms with Crippen LogP contribution in [0.4, 0.5) is 13.2 Å². The molecule has 4 N–H and O–H groups in total.